The molecule has 1 unspecified atom stereocenters. The van der Waals surface area contributed by atoms with Crippen LogP contribution < -0.4 is 0 Å². The highest BCUT2D eigenvalue weighted by Gasteiger charge is 2.24. The Hall–Kier alpha value is -1.35. The molecule has 0 aromatic heterocycles. The summed E-state index contributed by atoms with van der Waals surface area (Å²) < 4.78 is 0. The summed E-state index contributed by atoms with van der Waals surface area (Å²) >= 11 is 0. The van der Waals surface area contributed by atoms with Gasteiger partial charge in [0.2, 0.25) is 0 Å². The third-order valence-electron chi connectivity index (χ3n) is 3.53. The first kappa shape index (κ1) is 12.1. The Bertz CT molecular complexity index is 344. The van der Waals surface area contributed by atoms with Crippen LogP contribution in [-0.4, -0.2) is 30.8 Å². The fourth-order valence-corrected chi connectivity index (χ4v) is 2.42. The molecule has 1 aromatic rings. The number of nitrogens with zero attached hydrogens (tertiary/aromatic N) is 2. The van der Waals surface area contributed by atoms with Crippen molar-refractivity contribution in [1.82, 2.24) is 4.90 Å². The average molecular weight is 232 g/mol. The van der Waals surface area contributed by atoms with Crippen LogP contribution in [-0.2, 0) is 4.84 Å². The van der Waals surface area contributed by atoms with E-state index in [0.717, 1.165) is 25.9 Å². The topological polar surface area (TPSA) is 24.8 Å². The Balaban J connectivity index is 1.90. The van der Waals surface area contributed by atoms with Crippen molar-refractivity contribution in [2.45, 2.75) is 31.9 Å². The molecule has 1 atom stereocenters. The molecule has 0 saturated carbocycles. The lowest BCUT2D eigenvalue weighted by Gasteiger charge is -2.35. The summed E-state index contributed by atoms with van der Waals surface area (Å²) in [6, 6.07) is 11.1. The minimum absolute atomic E-state index is 0.256. The highest BCUT2D eigenvalue weighted by Crippen LogP contribution is 2.24. The van der Waals surface area contributed by atoms with Gasteiger partial charge in [-0.2, -0.15) is 0 Å². The molecule has 17 heavy (non-hydrogen) atoms. The van der Waals surface area contributed by atoms with E-state index in [1.54, 1.807) is 0 Å². The van der Waals surface area contributed by atoms with Crippen LogP contribution in [0.15, 0.2) is 35.5 Å². The van der Waals surface area contributed by atoms with E-state index >= 15 is 0 Å². The number of hydrogen-bond donors (Lipinski definition) is 0. The monoisotopic (exact) mass is 232 g/mol. The van der Waals surface area contributed by atoms with Crippen LogP contribution in [0, 0.1) is 0 Å². The predicted molar refractivity (Wildman–Crippen MR) is 70.1 cm³/mol. The summed E-state index contributed by atoms with van der Waals surface area (Å²) in [5.41, 5.74) is 1.38. The fraction of sp³-hybridized carbons (Fsp3) is 0.500. The summed E-state index contributed by atoms with van der Waals surface area (Å²) in [6.07, 6.45) is 2.33. The maximum atomic E-state index is 5.20. The number of oxime groups is 1. The van der Waals surface area contributed by atoms with E-state index in [1.165, 1.54) is 5.56 Å². The molecule has 0 bridgehead atoms. The second-order valence-corrected chi connectivity index (χ2v) is 4.56. The Morgan fingerprint density at radius 2 is 1.94 bits per heavy atom. The Kier molecular flexibility index (Phi) is 4.15. The van der Waals surface area contributed by atoms with Gasteiger partial charge in [-0.3, -0.25) is 4.90 Å². The maximum absolute atomic E-state index is 5.20. The highest BCUT2D eigenvalue weighted by molar-refractivity contribution is 5.21. The van der Waals surface area contributed by atoms with Gasteiger partial charge < -0.3 is 4.84 Å². The second kappa shape index (κ2) is 5.82. The molecule has 0 amide bonds. The summed E-state index contributed by atoms with van der Waals surface area (Å²) in [4.78, 5) is 7.70. The van der Waals surface area contributed by atoms with Crippen LogP contribution >= 0.6 is 0 Å². The fourth-order valence-electron chi connectivity index (χ4n) is 2.42. The molecule has 0 radical (unpaired) electrons. The second-order valence-electron chi connectivity index (χ2n) is 4.56. The van der Waals surface area contributed by atoms with Crippen molar-refractivity contribution in [3.63, 3.8) is 0 Å². The number of benzene rings is 1. The van der Waals surface area contributed by atoms with Gasteiger partial charge in [-0.25, -0.2) is 0 Å². The van der Waals surface area contributed by atoms with Gasteiger partial charge in [0.05, 0.1) is 0 Å². The van der Waals surface area contributed by atoms with Gasteiger partial charge in [0.1, 0.15) is 6.10 Å². The summed E-state index contributed by atoms with van der Waals surface area (Å²) in [5, 5.41) is 3.52. The lowest BCUT2D eigenvalue weighted by atomic mass is 10.0. The van der Waals surface area contributed by atoms with E-state index in [-0.39, 0.29) is 6.10 Å². The lowest BCUT2D eigenvalue weighted by molar-refractivity contribution is 0.00365. The number of piperidine rings is 1. The first-order chi connectivity index (χ1) is 8.31. The van der Waals surface area contributed by atoms with Gasteiger partial charge in [-0.05, 0) is 25.3 Å². The molecule has 1 aromatic carbocycles. The summed E-state index contributed by atoms with van der Waals surface area (Å²) in [7, 11) is 0. The molecule has 1 aliphatic rings. The van der Waals surface area contributed by atoms with Crippen molar-refractivity contribution in [3.05, 3.63) is 35.9 Å². The van der Waals surface area contributed by atoms with Gasteiger partial charge in [0.25, 0.3) is 0 Å². The van der Waals surface area contributed by atoms with Crippen molar-refractivity contribution in [2.24, 2.45) is 5.16 Å². The number of rotatable bonds is 4. The lowest BCUT2D eigenvalue weighted by Crippen LogP contribution is -2.38. The van der Waals surface area contributed by atoms with E-state index in [2.05, 4.69) is 54.0 Å². The molecule has 1 aliphatic heterocycles. The van der Waals surface area contributed by atoms with Crippen LogP contribution in [0.4, 0.5) is 0 Å². The Morgan fingerprint density at radius 1 is 1.29 bits per heavy atom. The molecular formula is C14H20N2O. The van der Waals surface area contributed by atoms with E-state index in [0.29, 0.717) is 6.04 Å². The quantitative estimate of drug-likeness (QED) is 0.589. The van der Waals surface area contributed by atoms with Crippen molar-refractivity contribution < 1.29 is 4.84 Å². The Labute approximate surface area is 103 Å². The molecule has 0 N–H and O–H groups in total. The van der Waals surface area contributed by atoms with Gasteiger partial charge in [-0.15, -0.1) is 5.16 Å². The minimum Gasteiger partial charge on any atom is -0.393 e. The van der Waals surface area contributed by atoms with Gasteiger partial charge in [0, 0.05) is 25.8 Å². The summed E-state index contributed by atoms with van der Waals surface area (Å²) in [6.45, 7) is 7.77. The van der Waals surface area contributed by atoms with Crippen LogP contribution in [0.3, 0.4) is 0 Å². The minimum atomic E-state index is 0.256. The highest BCUT2D eigenvalue weighted by atomic mass is 16.6. The molecule has 0 aliphatic carbocycles. The zero-order valence-electron chi connectivity index (χ0n) is 10.4. The first-order valence-corrected chi connectivity index (χ1v) is 6.22. The van der Waals surface area contributed by atoms with Crippen LogP contribution in [0.5, 0.6) is 0 Å². The average Bonchev–Trinajstić information content (AvgIpc) is 2.40. The molecule has 2 rings (SSSR count). The molecule has 3 heteroatoms. The molecular weight excluding hydrogens is 212 g/mol. The van der Waals surface area contributed by atoms with Crippen LogP contribution in [0.25, 0.3) is 0 Å². The third kappa shape index (κ3) is 3.07. The Morgan fingerprint density at radius 3 is 2.53 bits per heavy atom. The van der Waals surface area contributed by atoms with E-state index in [9.17, 15) is 0 Å². The molecule has 1 fully saturated rings. The van der Waals surface area contributed by atoms with Crippen molar-refractivity contribution in [3.8, 4) is 0 Å². The molecule has 1 saturated heterocycles. The SMILES string of the molecule is C=NOC1CCN(C(C)c2ccccc2)CC1. The van der Waals surface area contributed by atoms with E-state index in [1.807, 2.05) is 0 Å². The zero-order chi connectivity index (χ0) is 12.1. The number of likely N-dealkylation sites (tertiary alicyclic amines) is 1. The maximum Gasteiger partial charge on any atom is 0.130 e. The zero-order valence-corrected chi connectivity index (χ0v) is 10.4. The molecule has 1 heterocycles. The molecule has 3 nitrogen and oxygen atoms in total. The standard InChI is InChI=1S/C14H20N2O/c1-12(13-6-4-3-5-7-13)16-10-8-14(9-11-16)17-15-2/h3-7,12,14H,2,8-11H2,1H3. The smallest absolute Gasteiger partial charge is 0.130 e. The largest absolute Gasteiger partial charge is 0.393 e. The third-order valence-corrected chi connectivity index (χ3v) is 3.53. The number of hydrogen-bond acceptors (Lipinski definition) is 3. The normalized spacial score (nSPS) is 19.8. The van der Waals surface area contributed by atoms with Gasteiger partial charge in [-0.1, -0.05) is 30.3 Å². The summed E-state index contributed by atoms with van der Waals surface area (Å²) in [5.74, 6) is 0. The van der Waals surface area contributed by atoms with Gasteiger partial charge in [0.15, 0.2) is 0 Å². The van der Waals surface area contributed by atoms with E-state index < -0.39 is 0 Å². The van der Waals surface area contributed by atoms with Crippen molar-refractivity contribution in [1.29, 1.82) is 0 Å². The van der Waals surface area contributed by atoms with Crippen LogP contribution in [0.2, 0.25) is 0 Å². The van der Waals surface area contributed by atoms with E-state index in [4.69, 9.17) is 4.84 Å². The van der Waals surface area contributed by atoms with Gasteiger partial charge >= 0.3 is 0 Å². The molecule has 0 spiro atoms. The first-order valence-electron chi connectivity index (χ1n) is 6.22. The van der Waals surface area contributed by atoms with Crippen molar-refractivity contribution in [2.75, 3.05) is 13.1 Å². The molecule has 92 valence electrons. The van der Waals surface area contributed by atoms with Crippen LogP contribution in [0.1, 0.15) is 31.4 Å². The van der Waals surface area contributed by atoms with Crippen molar-refractivity contribution >= 4 is 6.72 Å². The predicted octanol–water partition coefficient (Wildman–Crippen LogP) is 2.84.